The molecule has 1 heterocycles. The van der Waals surface area contributed by atoms with Gasteiger partial charge in [-0.05, 0) is 30.7 Å². The van der Waals surface area contributed by atoms with Gasteiger partial charge in [0.15, 0.2) is 5.03 Å². The van der Waals surface area contributed by atoms with Crippen molar-refractivity contribution < 1.29 is 12.8 Å². The number of hydrogen-bond donors (Lipinski definition) is 1. The Morgan fingerprint density at radius 2 is 2.06 bits per heavy atom. The molecule has 0 saturated carbocycles. The highest BCUT2D eigenvalue weighted by atomic mass is 32.2. The number of nitrogens with zero attached hydrogens (tertiary/aromatic N) is 2. The Balaban J connectivity index is 2.62. The van der Waals surface area contributed by atoms with Gasteiger partial charge in [-0.25, -0.2) is 22.6 Å². The second kappa shape index (κ2) is 3.94. The van der Waals surface area contributed by atoms with Crippen LogP contribution >= 0.6 is 0 Å². The van der Waals surface area contributed by atoms with E-state index in [2.05, 4.69) is 5.10 Å². The zero-order chi connectivity index (χ0) is 12.6. The van der Waals surface area contributed by atoms with Crippen LogP contribution in [-0.2, 0) is 10.0 Å². The SMILES string of the molecule is Cc1ccc(-n2nccc2S(N)(=O)=O)cc1F. The topological polar surface area (TPSA) is 78.0 Å². The van der Waals surface area contributed by atoms with Crippen LogP contribution in [0.4, 0.5) is 4.39 Å². The minimum Gasteiger partial charge on any atom is -0.223 e. The van der Waals surface area contributed by atoms with Crippen LogP contribution in [0.3, 0.4) is 0 Å². The zero-order valence-corrected chi connectivity index (χ0v) is 9.78. The first kappa shape index (κ1) is 11.7. The Kier molecular flexibility index (Phi) is 2.72. The summed E-state index contributed by atoms with van der Waals surface area (Å²) in [6.07, 6.45) is 1.29. The summed E-state index contributed by atoms with van der Waals surface area (Å²) in [6, 6.07) is 5.57. The first-order valence-corrected chi connectivity index (χ1v) is 6.27. The molecule has 5 nitrogen and oxygen atoms in total. The zero-order valence-electron chi connectivity index (χ0n) is 8.96. The number of primary sulfonamides is 1. The molecule has 2 rings (SSSR count). The summed E-state index contributed by atoms with van der Waals surface area (Å²) in [5.74, 6) is -0.432. The van der Waals surface area contributed by atoms with Gasteiger partial charge in [-0.1, -0.05) is 6.07 Å². The summed E-state index contributed by atoms with van der Waals surface area (Å²) in [7, 11) is -3.88. The molecule has 0 saturated heterocycles. The molecule has 2 N–H and O–H groups in total. The predicted molar refractivity (Wildman–Crippen MR) is 59.6 cm³/mol. The van der Waals surface area contributed by atoms with E-state index in [1.807, 2.05) is 0 Å². The molecule has 0 aliphatic heterocycles. The van der Waals surface area contributed by atoms with Gasteiger partial charge in [-0.3, -0.25) is 0 Å². The number of aromatic nitrogens is 2. The highest BCUT2D eigenvalue weighted by molar-refractivity contribution is 7.89. The highest BCUT2D eigenvalue weighted by Gasteiger charge is 2.16. The molecule has 0 unspecified atom stereocenters. The monoisotopic (exact) mass is 255 g/mol. The number of hydrogen-bond acceptors (Lipinski definition) is 3. The van der Waals surface area contributed by atoms with E-state index in [9.17, 15) is 12.8 Å². The van der Waals surface area contributed by atoms with Crippen molar-refractivity contribution in [2.45, 2.75) is 11.9 Å². The molecule has 0 bridgehead atoms. The molecule has 17 heavy (non-hydrogen) atoms. The van der Waals surface area contributed by atoms with E-state index in [0.29, 0.717) is 11.3 Å². The fourth-order valence-electron chi connectivity index (χ4n) is 1.41. The third kappa shape index (κ3) is 2.20. The first-order valence-electron chi connectivity index (χ1n) is 4.73. The molecule has 0 radical (unpaired) electrons. The molecular weight excluding hydrogens is 245 g/mol. The van der Waals surface area contributed by atoms with Crippen molar-refractivity contribution in [2.75, 3.05) is 0 Å². The van der Waals surface area contributed by atoms with Crippen LogP contribution in [0.5, 0.6) is 0 Å². The Hall–Kier alpha value is -1.73. The average Bonchev–Trinajstić information content (AvgIpc) is 2.70. The van der Waals surface area contributed by atoms with Gasteiger partial charge in [0.2, 0.25) is 0 Å². The van der Waals surface area contributed by atoms with Gasteiger partial charge in [0.25, 0.3) is 10.0 Å². The number of nitrogens with two attached hydrogens (primary N) is 1. The van der Waals surface area contributed by atoms with Crippen LogP contribution in [0.1, 0.15) is 5.56 Å². The lowest BCUT2D eigenvalue weighted by Gasteiger charge is -2.06. The van der Waals surface area contributed by atoms with Crippen LogP contribution in [0.2, 0.25) is 0 Å². The van der Waals surface area contributed by atoms with E-state index >= 15 is 0 Å². The largest absolute Gasteiger partial charge is 0.255 e. The maximum Gasteiger partial charge on any atom is 0.255 e. The summed E-state index contributed by atoms with van der Waals surface area (Å²) in [5, 5.41) is 8.66. The number of rotatable bonds is 2. The van der Waals surface area contributed by atoms with Crippen molar-refractivity contribution in [2.24, 2.45) is 5.14 Å². The molecule has 7 heteroatoms. The van der Waals surface area contributed by atoms with Gasteiger partial charge in [-0.2, -0.15) is 5.10 Å². The minimum atomic E-state index is -3.88. The smallest absolute Gasteiger partial charge is 0.223 e. The molecule has 1 aromatic heterocycles. The lowest BCUT2D eigenvalue weighted by molar-refractivity contribution is 0.585. The Labute approximate surface area is 97.7 Å². The summed E-state index contributed by atoms with van der Waals surface area (Å²) in [6.45, 7) is 1.61. The van der Waals surface area contributed by atoms with E-state index < -0.39 is 15.8 Å². The van der Waals surface area contributed by atoms with Crippen LogP contribution < -0.4 is 5.14 Å². The molecule has 0 aliphatic rings. The van der Waals surface area contributed by atoms with Crippen molar-refractivity contribution in [1.82, 2.24) is 9.78 Å². The number of benzene rings is 1. The molecule has 0 atom stereocenters. The average molecular weight is 255 g/mol. The summed E-state index contributed by atoms with van der Waals surface area (Å²) >= 11 is 0. The number of aryl methyl sites for hydroxylation is 1. The molecule has 2 aromatic rings. The molecule has 0 spiro atoms. The van der Waals surface area contributed by atoms with Crippen LogP contribution in [0.25, 0.3) is 5.69 Å². The Morgan fingerprint density at radius 1 is 1.35 bits per heavy atom. The Bertz CT molecular complexity index is 664. The standard InChI is InChI=1S/C10H10FN3O2S/c1-7-2-3-8(6-9(7)11)14-10(4-5-13-14)17(12,15)16/h2-6H,1H3,(H2,12,15,16). The van der Waals surface area contributed by atoms with E-state index in [1.54, 1.807) is 19.1 Å². The van der Waals surface area contributed by atoms with E-state index in [0.717, 1.165) is 4.68 Å². The van der Waals surface area contributed by atoms with Crippen molar-refractivity contribution in [3.63, 3.8) is 0 Å². The minimum absolute atomic E-state index is 0.180. The fourth-order valence-corrected chi connectivity index (χ4v) is 2.06. The molecule has 0 fully saturated rings. The second-order valence-corrected chi connectivity index (χ2v) is 5.07. The first-order chi connectivity index (χ1) is 7.89. The van der Waals surface area contributed by atoms with Gasteiger partial charge >= 0.3 is 0 Å². The lowest BCUT2D eigenvalue weighted by Crippen LogP contribution is -2.17. The highest BCUT2D eigenvalue weighted by Crippen LogP contribution is 2.16. The van der Waals surface area contributed by atoms with Crippen molar-refractivity contribution >= 4 is 10.0 Å². The summed E-state index contributed by atoms with van der Waals surface area (Å²) in [4.78, 5) is 0. The van der Waals surface area contributed by atoms with Crippen molar-refractivity contribution in [1.29, 1.82) is 0 Å². The summed E-state index contributed by atoms with van der Waals surface area (Å²) < 4.78 is 37.0. The van der Waals surface area contributed by atoms with E-state index in [-0.39, 0.29) is 5.03 Å². The second-order valence-electron chi connectivity index (χ2n) is 3.56. The molecule has 1 aromatic carbocycles. The van der Waals surface area contributed by atoms with Gasteiger partial charge in [0, 0.05) is 0 Å². The summed E-state index contributed by atoms with van der Waals surface area (Å²) in [5.41, 5.74) is 0.778. The van der Waals surface area contributed by atoms with Gasteiger partial charge in [-0.15, -0.1) is 0 Å². The van der Waals surface area contributed by atoms with Crippen molar-refractivity contribution in [3.8, 4) is 5.69 Å². The van der Waals surface area contributed by atoms with E-state index in [1.165, 1.54) is 18.3 Å². The third-order valence-electron chi connectivity index (χ3n) is 2.30. The lowest BCUT2D eigenvalue weighted by atomic mass is 10.2. The maximum absolute atomic E-state index is 13.4. The maximum atomic E-state index is 13.4. The third-order valence-corrected chi connectivity index (χ3v) is 3.19. The normalized spacial score (nSPS) is 11.7. The number of halogens is 1. The quantitative estimate of drug-likeness (QED) is 0.868. The number of sulfonamides is 1. The van der Waals surface area contributed by atoms with Crippen LogP contribution in [0, 0.1) is 12.7 Å². The van der Waals surface area contributed by atoms with Crippen LogP contribution in [-0.4, -0.2) is 18.2 Å². The van der Waals surface area contributed by atoms with E-state index in [4.69, 9.17) is 5.14 Å². The van der Waals surface area contributed by atoms with Gasteiger partial charge < -0.3 is 0 Å². The van der Waals surface area contributed by atoms with Crippen molar-refractivity contribution in [3.05, 3.63) is 41.8 Å². The van der Waals surface area contributed by atoms with Crippen LogP contribution in [0.15, 0.2) is 35.5 Å². The molecular formula is C10H10FN3O2S. The molecule has 0 amide bonds. The predicted octanol–water partition coefficient (Wildman–Crippen LogP) is 0.967. The Morgan fingerprint density at radius 3 is 2.65 bits per heavy atom. The molecule has 90 valence electrons. The fraction of sp³-hybridized carbons (Fsp3) is 0.100. The van der Waals surface area contributed by atoms with Gasteiger partial charge in [0.05, 0.1) is 11.9 Å². The van der Waals surface area contributed by atoms with Gasteiger partial charge in [0.1, 0.15) is 5.82 Å². The molecule has 0 aliphatic carbocycles.